The van der Waals surface area contributed by atoms with Gasteiger partial charge < -0.3 is 9.47 Å². The van der Waals surface area contributed by atoms with E-state index in [1.54, 1.807) is 7.11 Å². The van der Waals surface area contributed by atoms with Crippen LogP contribution in [-0.2, 0) is 4.79 Å². The number of Topliss-reactive ketones (excluding diaryl/α,β-unsaturated/α-hetero) is 1. The van der Waals surface area contributed by atoms with Gasteiger partial charge in [0.2, 0.25) is 0 Å². The average molecular weight is 248 g/mol. The maximum Gasteiger partial charge on any atom is 0.161 e. The van der Waals surface area contributed by atoms with E-state index in [1.807, 2.05) is 24.3 Å². The molecule has 98 valence electrons. The largest absolute Gasteiger partial charge is 0.493 e. The summed E-state index contributed by atoms with van der Waals surface area (Å²) in [6.07, 6.45) is 5.03. The first-order chi connectivity index (χ1) is 8.81. The lowest BCUT2D eigenvalue weighted by atomic mass is 10.0. The Morgan fingerprint density at radius 2 is 1.89 bits per heavy atom. The van der Waals surface area contributed by atoms with Crippen molar-refractivity contribution in [3.63, 3.8) is 0 Å². The van der Waals surface area contributed by atoms with Crippen LogP contribution >= 0.6 is 0 Å². The zero-order valence-electron chi connectivity index (χ0n) is 10.9. The molecule has 0 aliphatic heterocycles. The van der Waals surface area contributed by atoms with Crippen LogP contribution in [0.25, 0.3) is 0 Å². The molecule has 3 nitrogen and oxygen atoms in total. The normalized spacial score (nSPS) is 15.6. The molecule has 0 spiro atoms. The van der Waals surface area contributed by atoms with Gasteiger partial charge in [-0.2, -0.15) is 0 Å². The van der Waals surface area contributed by atoms with E-state index in [9.17, 15) is 4.79 Å². The Bertz CT molecular complexity index is 394. The molecule has 0 heterocycles. The zero-order valence-corrected chi connectivity index (χ0v) is 10.9. The lowest BCUT2D eigenvalue weighted by molar-refractivity contribution is -0.123. The fourth-order valence-corrected chi connectivity index (χ4v) is 2.45. The number of carbonyl (C=O) groups excluding carboxylic acids is 1. The monoisotopic (exact) mass is 248 g/mol. The van der Waals surface area contributed by atoms with Crippen LogP contribution in [-0.4, -0.2) is 19.5 Å². The van der Waals surface area contributed by atoms with Crippen molar-refractivity contribution < 1.29 is 14.3 Å². The van der Waals surface area contributed by atoms with Gasteiger partial charge in [-0.1, -0.05) is 25.0 Å². The highest BCUT2D eigenvalue weighted by atomic mass is 16.5. The summed E-state index contributed by atoms with van der Waals surface area (Å²) in [4.78, 5) is 11.9. The lowest BCUT2D eigenvalue weighted by Crippen LogP contribution is -2.14. The Hall–Kier alpha value is -1.51. The number of hydrogen-bond donors (Lipinski definition) is 0. The molecule has 1 aliphatic carbocycles. The Balaban J connectivity index is 1.79. The topological polar surface area (TPSA) is 35.5 Å². The van der Waals surface area contributed by atoms with E-state index in [0.29, 0.717) is 30.3 Å². The molecule has 1 aliphatic rings. The third kappa shape index (κ3) is 3.25. The van der Waals surface area contributed by atoms with Crippen molar-refractivity contribution in [3.8, 4) is 11.5 Å². The van der Waals surface area contributed by atoms with Gasteiger partial charge in [-0.25, -0.2) is 0 Å². The van der Waals surface area contributed by atoms with Crippen molar-refractivity contribution in [2.24, 2.45) is 5.92 Å². The minimum Gasteiger partial charge on any atom is -0.493 e. The number of ether oxygens (including phenoxy) is 2. The SMILES string of the molecule is COc1ccccc1OCCC(=O)C1CCCC1. The smallest absolute Gasteiger partial charge is 0.161 e. The quantitative estimate of drug-likeness (QED) is 0.775. The van der Waals surface area contributed by atoms with Gasteiger partial charge in [0, 0.05) is 12.3 Å². The van der Waals surface area contributed by atoms with Gasteiger partial charge in [0.05, 0.1) is 13.7 Å². The molecule has 0 amide bonds. The predicted molar refractivity (Wildman–Crippen MR) is 70.1 cm³/mol. The van der Waals surface area contributed by atoms with E-state index >= 15 is 0 Å². The van der Waals surface area contributed by atoms with Crippen LogP contribution in [0.5, 0.6) is 11.5 Å². The van der Waals surface area contributed by atoms with Crippen molar-refractivity contribution in [1.29, 1.82) is 0 Å². The summed E-state index contributed by atoms with van der Waals surface area (Å²) >= 11 is 0. The molecule has 0 N–H and O–H groups in total. The minimum absolute atomic E-state index is 0.284. The predicted octanol–water partition coefficient (Wildman–Crippen LogP) is 3.22. The van der Waals surface area contributed by atoms with E-state index in [-0.39, 0.29) is 5.92 Å². The second-order valence-electron chi connectivity index (χ2n) is 4.70. The fourth-order valence-electron chi connectivity index (χ4n) is 2.45. The van der Waals surface area contributed by atoms with Gasteiger partial charge in [-0.15, -0.1) is 0 Å². The number of benzene rings is 1. The number of methoxy groups -OCH3 is 1. The summed E-state index contributed by atoms with van der Waals surface area (Å²) in [6, 6.07) is 7.51. The Morgan fingerprint density at radius 1 is 1.22 bits per heavy atom. The summed E-state index contributed by atoms with van der Waals surface area (Å²) < 4.78 is 10.8. The minimum atomic E-state index is 0.284. The van der Waals surface area contributed by atoms with Crippen molar-refractivity contribution in [3.05, 3.63) is 24.3 Å². The fraction of sp³-hybridized carbons (Fsp3) is 0.533. The van der Waals surface area contributed by atoms with Gasteiger partial charge in [0.1, 0.15) is 5.78 Å². The zero-order chi connectivity index (χ0) is 12.8. The maximum absolute atomic E-state index is 11.9. The van der Waals surface area contributed by atoms with Crippen LogP contribution in [0.3, 0.4) is 0 Å². The van der Waals surface area contributed by atoms with E-state index in [4.69, 9.17) is 9.47 Å². The van der Waals surface area contributed by atoms with Crippen LogP contribution in [0, 0.1) is 5.92 Å². The average Bonchev–Trinajstić information content (AvgIpc) is 2.93. The molecule has 1 aromatic rings. The van der Waals surface area contributed by atoms with Crippen molar-refractivity contribution in [2.75, 3.05) is 13.7 Å². The molecule has 0 radical (unpaired) electrons. The highest BCUT2D eigenvalue weighted by molar-refractivity contribution is 5.81. The molecule has 0 aromatic heterocycles. The lowest BCUT2D eigenvalue weighted by Gasteiger charge is -2.11. The van der Waals surface area contributed by atoms with Crippen molar-refractivity contribution in [2.45, 2.75) is 32.1 Å². The Morgan fingerprint density at radius 3 is 2.56 bits per heavy atom. The number of hydrogen-bond acceptors (Lipinski definition) is 3. The molecule has 1 saturated carbocycles. The van der Waals surface area contributed by atoms with E-state index < -0.39 is 0 Å². The first-order valence-corrected chi connectivity index (χ1v) is 6.60. The highest BCUT2D eigenvalue weighted by Gasteiger charge is 2.22. The third-order valence-electron chi connectivity index (χ3n) is 3.49. The standard InChI is InChI=1S/C15H20O3/c1-17-14-8-4-5-9-15(14)18-11-10-13(16)12-6-2-3-7-12/h4-5,8-9,12H,2-3,6-7,10-11H2,1H3. The Kier molecular flexibility index (Phi) is 4.62. The molecular weight excluding hydrogens is 228 g/mol. The summed E-state index contributed by atoms with van der Waals surface area (Å²) in [6.45, 7) is 0.440. The molecule has 0 unspecified atom stereocenters. The molecule has 18 heavy (non-hydrogen) atoms. The highest BCUT2D eigenvalue weighted by Crippen LogP contribution is 2.28. The van der Waals surface area contributed by atoms with E-state index in [2.05, 4.69) is 0 Å². The Labute approximate surface area is 108 Å². The first kappa shape index (κ1) is 12.9. The molecule has 0 bridgehead atoms. The number of carbonyl (C=O) groups is 1. The van der Waals surface area contributed by atoms with Gasteiger partial charge >= 0.3 is 0 Å². The van der Waals surface area contributed by atoms with Gasteiger partial charge in [-0.3, -0.25) is 4.79 Å². The van der Waals surface area contributed by atoms with Gasteiger partial charge in [0.15, 0.2) is 11.5 Å². The van der Waals surface area contributed by atoms with Crippen LogP contribution in [0.1, 0.15) is 32.1 Å². The van der Waals surface area contributed by atoms with Crippen LogP contribution < -0.4 is 9.47 Å². The summed E-state index contributed by atoms with van der Waals surface area (Å²) in [5.41, 5.74) is 0. The molecule has 2 rings (SSSR count). The summed E-state index contributed by atoms with van der Waals surface area (Å²) in [5.74, 6) is 2.05. The maximum atomic E-state index is 11.9. The van der Waals surface area contributed by atoms with Crippen LogP contribution in [0.2, 0.25) is 0 Å². The van der Waals surface area contributed by atoms with Crippen LogP contribution in [0.4, 0.5) is 0 Å². The second kappa shape index (κ2) is 6.43. The van der Waals surface area contributed by atoms with Gasteiger partial charge in [-0.05, 0) is 25.0 Å². The number of para-hydroxylation sites is 2. The van der Waals surface area contributed by atoms with E-state index in [0.717, 1.165) is 12.8 Å². The summed E-state index contributed by atoms with van der Waals surface area (Å²) in [7, 11) is 1.62. The number of ketones is 1. The third-order valence-corrected chi connectivity index (χ3v) is 3.49. The van der Waals surface area contributed by atoms with Crippen LogP contribution in [0.15, 0.2) is 24.3 Å². The van der Waals surface area contributed by atoms with E-state index in [1.165, 1.54) is 12.8 Å². The summed E-state index contributed by atoms with van der Waals surface area (Å²) in [5, 5.41) is 0. The molecule has 0 saturated heterocycles. The second-order valence-corrected chi connectivity index (χ2v) is 4.70. The van der Waals surface area contributed by atoms with Gasteiger partial charge in [0.25, 0.3) is 0 Å². The number of rotatable bonds is 6. The van der Waals surface area contributed by atoms with Crippen molar-refractivity contribution >= 4 is 5.78 Å². The first-order valence-electron chi connectivity index (χ1n) is 6.60. The van der Waals surface area contributed by atoms with Crippen molar-refractivity contribution in [1.82, 2.24) is 0 Å². The molecule has 3 heteroatoms. The molecule has 1 fully saturated rings. The molecule has 1 aromatic carbocycles. The molecule has 0 atom stereocenters. The molecular formula is C15H20O3.